The molecular weight excluding hydrogens is 281 g/mol. The maximum absolute atomic E-state index is 12.1. The second-order valence-electron chi connectivity index (χ2n) is 2.64. The Hall–Kier alpha value is -0.170. The van der Waals surface area contributed by atoms with Crippen LogP contribution >= 0.6 is 27.7 Å². The van der Waals surface area contributed by atoms with E-state index in [1.165, 1.54) is 0 Å². The minimum atomic E-state index is -4.20. The number of rotatable bonds is 3. The fraction of sp³-hybridized carbons (Fsp3) is 0.571. The van der Waals surface area contributed by atoms with Crippen molar-refractivity contribution in [3.63, 3.8) is 0 Å². The molecule has 0 bridgehead atoms. The summed E-state index contributed by atoms with van der Waals surface area (Å²) in [5, 5.41) is 0.582. The summed E-state index contributed by atoms with van der Waals surface area (Å²) in [7, 11) is 1.74. The molecule has 0 aliphatic carbocycles. The van der Waals surface area contributed by atoms with Crippen LogP contribution in [0.25, 0.3) is 0 Å². The van der Waals surface area contributed by atoms with Crippen molar-refractivity contribution < 1.29 is 13.2 Å². The van der Waals surface area contributed by atoms with Crippen LogP contribution in [0.1, 0.15) is 0 Å². The highest BCUT2D eigenvalue weighted by Gasteiger charge is 2.37. The van der Waals surface area contributed by atoms with Crippen LogP contribution in [0.15, 0.2) is 17.6 Å². The Morgan fingerprint density at radius 1 is 1.64 bits per heavy atom. The predicted molar refractivity (Wildman–Crippen MR) is 52.7 cm³/mol. The molecule has 0 saturated heterocycles. The van der Waals surface area contributed by atoms with Gasteiger partial charge in [0, 0.05) is 25.2 Å². The largest absolute Gasteiger partial charge is 0.402 e. The highest BCUT2D eigenvalue weighted by Crippen LogP contribution is 2.30. The van der Waals surface area contributed by atoms with Gasteiger partial charge >= 0.3 is 6.18 Å². The highest BCUT2D eigenvalue weighted by molar-refractivity contribution is 9.09. The molecule has 1 unspecified atom stereocenters. The topological polar surface area (TPSA) is 17.8 Å². The lowest BCUT2D eigenvalue weighted by molar-refractivity contribution is -0.122. The van der Waals surface area contributed by atoms with Crippen molar-refractivity contribution in [2.45, 2.75) is 16.2 Å². The van der Waals surface area contributed by atoms with Gasteiger partial charge in [-0.1, -0.05) is 27.7 Å². The molecule has 1 atom stereocenters. The van der Waals surface area contributed by atoms with Crippen LogP contribution in [-0.2, 0) is 7.05 Å². The van der Waals surface area contributed by atoms with Crippen LogP contribution in [0, 0.1) is 0 Å². The summed E-state index contributed by atoms with van der Waals surface area (Å²) in [6.45, 7) is 0. The van der Waals surface area contributed by atoms with Crippen molar-refractivity contribution in [2.75, 3.05) is 5.75 Å². The maximum atomic E-state index is 12.1. The molecule has 80 valence electrons. The summed E-state index contributed by atoms with van der Waals surface area (Å²) in [5.41, 5.74) is 0. The molecule has 0 N–H and O–H groups in total. The van der Waals surface area contributed by atoms with Crippen LogP contribution < -0.4 is 0 Å². The third kappa shape index (κ3) is 3.20. The Labute approximate surface area is 92.0 Å². The molecule has 0 radical (unpaired) electrons. The molecular formula is C7H8BrF3N2S. The molecule has 1 heterocycles. The fourth-order valence-electron chi connectivity index (χ4n) is 0.733. The van der Waals surface area contributed by atoms with E-state index in [4.69, 9.17) is 0 Å². The van der Waals surface area contributed by atoms with Gasteiger partial charge in [-0.05, 0) is 0 Å². The summed E-state index contributed by atoms with van der Waals surface area (Å²) < 4.78 is 38.0. The Balaban J connectivity index is 2.46. The Morgan fingerprint density at radius 3 is 2.71 bits per heavy atom. The molecule has 0 spiro atoms. The number of halogens is 4. The fourth-order valence-corrected chi connectivity index (χ4v) is 2.01. The van der Waals surface area contributed by atoms with Crippen LogP contribution in [0.3, 0.4) is 0 Å². The van der Waals surface area contributed by atoms with E-state index in [9.17, 15) is 13.2 Å². The summed E-state index contributed by atoms with van der Waals surface area (Å²) in [6, 6.07) is 0. The van der Waals surface area contributed by atoms with Gasteiger partial charge in [0.15, 0.2) is 5.16 Å². The van der Waals surface area contributed by atoms with Gasteiger partial charge < -0.3 is 4.57 Å². The van der Waals surface area contributed by atoms with Crippen molar-refractivity contribution in [3.05, 3.63) is 12.4 Å². The summed E-state index contributed by atoms with van der Waals surface area (Å²) in [6.07, 6.45) is -0.948. The standard InChI is InChI=1S/C7H8BrF3N2S/c1-13-3-2-12-6(13)14-4-5(8)7(9,10)11/h2-3,5H,4H2,1H3. The number of thioether (sulfide) groups is 1. The third-order valence-electron chi connectivity index (χ3n) is 1.49. The normalized spacial score (nSPS) is 14.4. The number of nitrogens with zero attached hydrogens (tertiary/aromatic N) is 2. The number of hydrogen-bond donors (Lipinski definition) is 0. The van der Waals surface area contributed by atoms with E-state index >= 15 is 0 Å². The van der Waals surface area contributed by atoms with Crippen LogP contribution in [-0.4, -0.2) is 26.3 Å². The van der Waals surface area contributed by atoms with Gasteiger partial charge in [-0.25, -0.2) is 4.98 Å². The summed E-state index contributed by atoms with van der Waals surface area (Å²) in [4.78, 5) is 2.42. The first-order valence-electron chi connectivity index (χ1n) is 3.72. The van der Waals surface area contributed by atoms with E-state index in [2.05, 4.69) is 20.9 Å². The molecule has 1 aromatic rings. The zero-order valence-electron chi connectivity index (χ0n) is 7.25. The van der Waals surface area contributed by atoms with Gasteiger partial charge in [0.2, 0.25) is 0 Å². The number of aryl methyl sites for hydroxylation is 1. The quantitative estimate of drug-likeness (QED) is 0.629. The molecule has 7 heteroatoms. The molecule has 0 aliphatic rings. The maximum Gasteiger partial charge on any atom is 0.402 e. The molecule has 0 aromatic carbocycles. The molecule has 0 aliphatic heterocycles. The average molecular weight is 289 g/mol. The molecule has 1 rings (SSSR count). The van der Waals surface area contributed by atoms with E-state index in [-0.39, 0.29) is 5.75 Å². The van der Waals surface area contributed by atoms with E-state index in [1.54, 1.807) is 24.0 Å². The minimum Gasteiger partial charge on any atom is -0.329 e. The third-order valence-corrected chi connectivity index (χ3v) is 3.91. The Morgan fingerprint density at radius 2 is 2.29 bits per heavy atom. The van der Waals surface area contributed by atoms with Gasteiger partial charge in [-0.2, -0.15) is 13.2 Å². The van der Waals surface area contributed by atoms with Crippen molar-refractivity contribution >= 4 is 27.7 Å². The summed E-state index contributed by atoms with van der Waals surface area (Å²) in [5.74, 6) is -0.0750. The predicted octanol–water partition coefficient (Wildman–Crippen LogP) is 2.84. The monoisotopic (exact) mass is 288 g/mol. The minimum absolute atomic E-state index is 0.0750. The molecule has 0 fully saturated rings. The highest BCUT2D eigenvalue weighted by atomic mass is 79.9. The van der Waals surface area contributed by atoms with Crippen LogP contribution in [0.2, 0.25) is 0 Å². The van der Waals surface area contributed by atoms with Gasteiger partial charge in [0.1, 0.15) is 4.83 Å². The molecule has 0 amide bonds. The van der Waals surface area contributed by atoms with Crippen molar-refractivity contribution in [1.29, 1.82) is 0 Å². The van der Waals surface area contributed by atoms with Crippen LogP contribution in [0.5, 0.6) is 0 Å². The number of imidazole rings is 1. The molecule has 2 nitrogen and oxygen atoms in total. The van der Waals surface area contributed by atoms with Crippen molar-refractivity contribution in [2.24, 2.45) is 7.05 Å². The van der Waals surface area contributed by atoms with Gasteiger partial charge in [0.05, 0.1) is 0 Å². The lowest BCUT2D eigenvalue weighted by Crippen LogP contribution is -2.25. The zero-order chi connectivity index (χ0) is 10.8. The van der Waals surface area contributed by atoms with Gasteiger partial charge in [-0.15, -0.1) is 0 Å². The van der Waals surface area contributed by atoms with E-state index in [0.29, 0.717) is 5.16 Å². The molecule has 0 saturated carbocycles. The molecule has 1 aromatic heterocycles. The SMILES string of the molecule is Cn1ccnc1SCC(Br)C(F)(F)F. The summed E-state index contributed by atoms with van der Waals surface area (Å²) >= 11 is 3.66. The first-order valence-corrected chi connectivity index (χ1v) is 5.62. The Bertz CT molecular complexity index is 299. The van der Waals surface area contributed by atoms with Gasteiger partial charge in [0.25, 0.3) is 0 Å². The van der Waals surface area contributed by atoms with Crippen molar-refractivity contribution in [1.82, 2.24) is 9.55 Å². The first kappa shape index (κ1) is 11.9. The van der Waals surface area contributed by atoms with Crippen molar-refractivity contribution in [3.8, 4) is 0 Å². The second kappa shape index (κ2) is 4.57. The number of hydrogen-bond acceptors (Lipinski definition) is 2. The zero-order valence-corrected chi connectivity index (χ0v) is 9.66. The number of alkyl halides is 4. The van der Waals surface area contributed by atoms with Crippen LogP contribution in [0.4, 0.5) is 13.2 Å². The lowest BCUT2D eigenvalue weighted by atomic mass is 10.5. The first-order chi connectivity index (χ1) is 6.41. The smallest absolute Gasteiger partial charge is 0.329 e. The Kier molecular flexibility index (Phi) is 3.88. The van der Waals surface area contributed by atoms with E-state index in [0.717, 1.165) is 11.8 Å². The van der Waals surface area contributed by atoms with Gasteiger partial charge in [-0.3, -0.25) is 0 Å². The molecule has 14 heavy (non-hydrogen) atoms. The van der Waals surface area contributed by atoms with E-state index < -0.39 is 11.0 Å². The second-order valence-corrected chi connectivity index (χ2v) is 4.73. The lowest BCUT2D eigenvalue weighted by Gasteiger charge is -2.12. The number of aromatic nitrogens is 2. The average Bonchev–Trinajstić information content (AvgIpc) is 2.45. The van der Waals surface area contributed by atoms with E-state index in [1.807, 2.05) is 0 Å².